The van der Waals surface area contributed by atoms with Crippen molar-refractivity contribution in [3.63, 3.8) is 0 Å². The number of nitro benzene ring substituents is 1. The zero-order valence-electron chi connectivity index (χ0n) is 19.1. The van der Waals surface area contributed by atoms with Gasteiger partial charge in [0.2, 0.25) is 5.75 Å². The summed E-state index contributed by atoms with van der Waals surface area (Å²) < 4.78 is 11.8. The highest BCUT2D eigenvalue weighted by Crippen LogP contribution is 2.35. The van der Waals surface area contributed by atoms with Gasteiger partial charge in [-0.3, -0.25) is 14.9 Å². The highest BCUT2D eigenvalue weighted by atomic mass is 79.9. The van der Waals surface area contributed by atoms with Gasteiger partial charge in [-0.1, -0.05) is 58.4 Å². The second-order valence-electron chi connectivity index (χ2n) is 7.56. The van der Waals surface area contributed by atoms with Crippen LogP contribution < -0.4 is 10.3 Å². The number of nitrogens with zero attached hydrogens (tertiary/aromatic N) is 4. The van der Waals surface area contributed by atoms with Gasteiger partial charge in [0.05, 0.1) is 29.2 Å². The number of hydrogen-bond acceptors (Lipinski definition) is 8. The zero-order chi connectivity index (χ0) is 25.8. The molecule has 0 bridgehead atoms. The molecule has 0 spiro atoms. The van der Waals surface area contributed by atoms with Crippen molar-refractivity contribution >= 4 is 44.7 Å². The lowest BCUT2D eigenvalue weighted by molar-refractivity contribution is -0.386. The predicted molar refractivity (Wildman–Crippen MR) is 137 cm³/mol. The van der Waals surface area contributed by atoms with Crippen molar-refractivity contribution in [2.45, 2.75) is 13.0 Å². The van der Waals surface area contributed by atoms with Gasteiger partial charge in [-0.15, -0.1) is 0 Å². The first-order valence-electron chi connectivity index (χ1n) is 10.6. The molecule has 0 N–H and O–H groups in total. The third kappa shape index (κ3) is 5.01. The minimum Gasteiger partial charge on any atom is -0.471 e. The van der Waals surface area contributed by atoms with E-state index >= 15 is 0 Å². The molecule has 0 amide bonds. The van der Waals surface area contributed by atoms with E-state index in [0.717, 1.165) is 4.68 Å². The third-order valence-corrected chi connectivity index (χ3v) is 5.64. The van der Waals surface area contributed by atoms with Crippen molar-refractivity contribution in [1.29, 1.82) is 0 Å². The molecule has 11 heteroatoms. The summed E-state index contributed by atoms with van der Waals surface area (Å²) in [7, 11) is 1.19. The molecule has 0 radical (unpaired) electrons. The average molecular weight is 551 g/mol. The molecular formula is C25H19BrN4O6. The molecule has 1 heterocycles. The van der Waals surface area contributed by atoms with Gasteiger partial charge in [-0.2, -0.15) is 9.78 Å². The Morgan fingerprint density at radius 2 is 1.86 bits per heavy atom. The van der Waals surface area contributed by atoms with Gasteiger partial charge >= 0.3 is 11.7 Å². The fraction of sp³-hybridized carbons (Fsp3) is 0.120. The van der Waals surface area contributed by atoms with Crippen molar-refractivity contribution in [2.24, 2.45) is 5.10 Å². The van der Waals surface area contributed by atoms with Gasteiger partial charge in [0.15, 0.2) is 11.9 Å². The second-order valence-corrected chi connectivity index (χ2v) is 8.48. The second kappa shape index (κ2) is 10.5. The quantitative estimate of drug-likeness (QED) is 0.143. The molecule has 10 nitrogen and oxygen atoms in total. The number of rotatable bonds is 7. The smallest absolute Gasteiger partial charge is 0.346 e. The summed E-state index contributed by atoms with van der Waals surface area (Å²) in [6.45, 7) is 1.41. The largest absolute Gasteiger partial charge is 0.471 e. The lowest BCUT2D eigenvalue weighted by Gasteiger charge is -2.15. The molecule has 4 aromatic rings. The number of benzene rings is 3. The molecule has 0 aliphatic heterocycles. The summed E-state index contributed by atoms with van der Waals surface area (Å²) in [6, 6.07) is 18.7. The Balaban J connectivity index is 1.92. The van der Waals surface area contributed by atoms with Gasteiger partial charge in [-0.25, -0.2) is 9.78 Å². The Morgan fingerprint density at radius 3 is 2.56 bits per heavy atom. The lowest BCUT2D eigenvalue weighted by Crippen LogP contribution is -2.26. The average Bonchev–Trinajstić information content (AvgIpc) is 2.88. The van der Waals surface area contributed by atoms with Gasteiger partial charge in [0.1, 0.15) is 0 Å². The molecule has 0 fully saturated rings. The van der Waals surface area contributed by atoms with Gasteiger partial charge in [0.25, 0.3) is 5.56 Å². The first-order chi connectivity index (χ1) is 17.3. The number of nitro groups is 1. The number of ether oxygens (including phenoxy) is 2. The number of halogens is 1. The normalized spacial score (nSPS) is 12.0. The van der Waals surface area contributed by atoms with Gasteiger partial charge < -0.3 is 9.47 Å². The van der Waals surface area contributed by atoms with Crippen molar-refractivity contribution < 1.29 is 19.2 Å². The Bertz CT molecular complexity index is 1550. The van der Waals surface area contributed by atoms with E-state index in [2.05, 4.69) is 30.8 Å². The summed E-state index contributed by atoms with van der Waals surface area (Å²) in [4.78, 5) is 41.0. The maximum Gasteiger partial charge on any atom is 0.346 e. The SMILES string of the molecule is COC(=O)[C@@H](C)Oc1c(C=Nn2c(-c3ccccc3)nc3ccccc3c2=O)cc(Br)cc1[N+](=O)[O-]. The minimum atomic E-state index is -1.13. The molecule has 0 saturated heterocycles. The monoisotopic (exact) mass is 550 g/mol. The highest BCUT2D eigenvalue weighted by Gasteiger charge is 2.25. The Labute approximate surface area is 213 Å². The van der Waals surface area contributed by atoms with Crippen LogP contribution in [0.25, 0.3) is 22.3 Å². The maximum absolute atomic E-state index is 13.4. The van der Waals surface area contributed by atoms with Crippen LogP contribution in [0, 0.1) is 10.1 Å². The molecule has 0 saturated carbocycles. The van der Waals surface area contributed by atoms with Gasteiger partial charge in [0, 0.05) is 21.7 Å². The lowest BCUT2D eigenvalue weighted by atomic mass is 10.2. The minimum absolute atomic E-state index is 0.158. The predicted octanol–water partition coefficient (Wildman–Crippen LogP) is 4.56. The van der Waals surface area contributed by atoms with Crippen LogP contribution in [0.3, 0.4) is 0 Å². The highest BCUT2D eigenvalue weighted by molar-refractivity contribution is 9.10. The van der Waals surface area contributed by atoms with E-state index in [-0.39, 0.29) is 17.1 Å². The number of methoxy groups -OCH3 is 1. The Kier molecular flexibility index (Phi) is 7.20. The fourth-order valence-electron chi connectivity index (χ4n) is 3.48. The van der Waals surface area contributed by atoms with E-state index in [1.165, 1.54) is 32.4 Å². The first-order valence-corrected chi connectivity index (χ1v) is 11.4. The van der Waals surface area contributed by atoms with E-state index < -0.39 is 28.2 Å². The number of carbonyl (C=O) groups excluding carboxylic acids is 1. The summed E-state index contributed by atoms with van der Waals surface area (Å²) in [5.41, 5.74) is 0.487. The van der Waals surface area contributed by atoms with Crippen LogP contribution in [0.2, 0.25) is 0 Å². The van der Waals surface area contributed by atoms with Crippen molar-refractivity contribution in [3.8, 4) is 17.1 Å². The number of aromatic nitrogens is 2. The number of carbonyl (C=O) groups is 1. The third-order valence-electron chi connectivity index (χ3n) is 5.19. The van der Waals surface area contributed by atoms with Crippen LogP contribution in [0.4, 0.5) is 5.69 Å². The maximum atomic E-state index is 13.4. The zero-order valence-corrected chi connectivity index (χ0v) is 20.7. The van der Waals surface area contributed by atoms with Crippen LogP contribution in [0.1, 0.15) is 12.5 Å². The molecule has 36 heavy (non-hydrogen) atoms. The van der Waals surface area contributed by atoms with E-state index in [4.69, 9.17) is 4.74 Å². The van der Waals surface area contributed by atoms with Crippen LogP contribution in [0.5, 0.6) is 5.75 Å². The summed E-state index contributed by atoms with van der Waals surface area (Å²) >= 11 is 3.25. The van der Waals surface area contributed by atoms with Gasteiger partial charge in [-0.05, 0) is 25.1 Å². The molecule has 0 aliphatic carbocycles. The molecule has 182 valence electrons. The van der Waals surface area contributed by atoms with Crippen molar-refractivity contribution in [1.82, 2.24) is 9.66 Å². The summed E-state index contributed by atoms with van der Waals surface area (Å²) in [5.74, 6) is -0.630. The number of fused-ring (bicyclic) bond motifs is 1. The Morgan fingerprint density at radius 1 is 1.17 bits per heavy atom. The topological polar surface area (TPSA) is 126 Å². The number of hydrogen-bond donors (Lipinski definition) is 0. The first kappa shape index (κ1) is 24.7. The van der Waals surface area contributed by atoms with E-state index in [1.807, 2.05) is 18.2 Å². The van der Waals surface area contributed by atoms with E-state index in [1.54, 1.807) is 36.4 Å². The number of esters is 1. The molecule has 4 rings (SSSR count). The van der Waals surface area contributed by atoms with E-state index in [0.29, 0.717) is 20.9 Å². The molecule has 0 unspecified atom stereocenters. The van der Waals surface area contributed by atoms with E-state index in [9.17, 15) is 19.7 Å². The summed E-state index contributed by atoms with van der Waals surface area (Å²) in [6.07, 6.45) is 0.119. The van der Waals surface area contributed by atoms with Crippen molar-refractivity contribution in [2.75, 3.05) is 7.11 Å². The molecule has 0 aliphatic rings. The van der Waals surface area contributed by atoms with Crippen LogP contribution in [0.15, 0.2) is 81.1 Å². The Hall–Kier alpha value is -4.38. The standard InChI is InChI=1S/C25H19BrN4O6/c1-15(25(32)35-2)36-22-17(12-18(26)13-21(22)30(33)34)14-27-29-23(16-8-4-3-5-9-16)28-20-11-7-6-10-19(20)24(29)31/h3-15H,1-2H3/t15-/m1/s1. The molecule has 3 aromatic carbocycles. The molecular weight excluding hydrogens is 532 g/mol. The van der Waals surface area contributed by atoms with Crippen molar-refractivity contribution in [3.05, 3.63) is 97.2 Å². The molecule has 1 aromatic heterocycles. The van der Waals surface area contributed by atoms with Crippen LogP contribution in [-0.2, 0) is 9.53 Å². The number of para-hydroxylation sites is 1. The summed E-state index contributed by atoms with van der Waals surface area (Å²) in [5, 5.41) is 16.4. The van der Waals surface area contributed by atoms with Crippen LogP contribution >= 0.6 is 15.9 Å². The molecule has 1 atom stereocenters. The fourth-order valence-corrected chi connectivity index (χ4v) is 3.94. The van der Waals surface area contributed by atoms with Crippen LogP contribution in [-0.4, -0.2) is 40.0 Å².